The van der Waals surface area contributed by atoms with Gasteiger partial charge < -0.3 is 4.90 Å². The summed E-state index contributed by atoms with van der Waals surface area (Å²) in [6.07, 6.45) is 8.54. The molecule has 1 saturated heterocycles. The summed E-state index contributed by atoms with van der Waals surface area (Å²) in [7, 11) is 0. The first-order valence-electron chi connectivity index (χ1n) is 5.41. The van der Waals surface area contributed by atoms with Crippen LogP contribution in [0.1, 0.15) is 45.4 Å². The molecule has 0 aromatic heterocycles. The Morgan fingerprint density at radius 3 is 2.25 bits per heavy atom. The molecule has 2 aliphatic rings. The first-order valence-corrected chi connectivity index (χ1v) is 5.41. The van der Waals surface area contributed by atoms with Crippen molar-refractivity contribution in [1.29, 1.82) is 0 Å². The minimum Gasteiger partial charge on any atom is -0.300 e. The molecule has 1 heterocycles. The Morgan fingerprint density at radius 1 is 1.08 bits per heavy atom. The summed E-state index contributed by atoms with van der Waals surface area (Å²) in [6.45, 7) is 5.08. The maximum Gasteiger partial charge on any atom is 0.00956 e. The molecule has 2 rings (SSSR count). The van der Waals surface area contributed by atoms with Crippen LogP contribution in [0.5, 0.6) is 0 Å². The largest absolute Gasteiger partial charge is 0.300 e. The molecule has 0 aromatic rings. The van der Waals surface area contributed by atoms with Crippen molar-refractivity contribution in [2.24, 2.45) is 0 Å². The van der Waals surface area contributed by atoms with Crippen LogP contribution in [0.4, 0.5) is 0 Å². The smallest absolute Gasteiger partial charge is 0.00956 e. The van der Waals surface area contributed by atoms with Crippen LogP contribution in [0.2, 0.25) is 0 Å². The Bertz CT molecular complexity index is 130. The van der Waals surface area contributed by atoms with E-state index in [2.05, 4.69) is 11.8 Å². The van der Waals surface area contributed by atoms with E-state index in [1.165, 1.54) is 51.6 Å². The summed E-state index contributed by atoms with van der Waals surface area (Å²) >= 11 is 0. The van der Waals surface area contributed by atoms with Gasteiger partial charge in [-0.05, 0) is 57.5 Å². The molecule has 1 nitrogen and oxygen atoms in total. The van der Waals surface area contributed by atoms with Crippen molar-refractivity contribution < 1.29 is 0 Å². The van der Waals surface area contributed by atoms with Crippen molar-refractivity contribution in [3.63, 3.8) is 0 Å². The molecule has 2 fully saturated rings. The molecule has 0 unspecified atom stereocenters. The van der Waals surface area contributed by atoms with E-state index in [0.717, 1.165) is 6.04 Å². The van der Waals surface area contributed by atoms with Gasteiger partial charge in [-0.15, -0.1) is 0 Å². The summed E-state index contributed by atoms with van der Waals surface area (Å²) in [5.41, 5.74) is 0. The van der Waals surface area contributed by atoms with Crippen molar-refractivity contribution in [2.75, 3.05) is 13.1 Å². The normalized spacial score (nSPS) is 29.8. The third kappa shape index (κ3) is 1.82. The van der Waals surface area contributed by atoms with Crippen LogP contribution < -0.4 is 0 Å². The zero-order valence-corrected chi connectivity index (χ0v) is 8.18. The predicted molar refractivity (Wildman–Crippen MR) is 52.0 cm³/mol. The standard InChI is InChI=1S/C11H20N/c1-10-4-6-11(7-5-10)12-8-2-3-9-12/h11H,2-9H2,1H3. The predicted octanol–water partition coefficient (Wildman–Crippen LogP) is 2.62. The topological polar surface area (TPSA) is 3.24 Å². The van der Waals surface area contributed by atoms with Crippen LogP contribution >= 0.6 is 0 Å². The zero-order valence-electron chi connectivity index (χ0n) is 8.18. The van der Waals surface area contributed by atoms with E-state index in [-0.39, 0.29) is 0 Å². The molecule has 0 spiro atoms. The second kappa shape index (κ2) is 3.78. The average molecular weight is 166 g/mol. The molecule has 1 heteroatoms. The van der Waals surface area contributed by atoms with Crippen molar-refractivity contribution >= 4 is 0 Å². The lowest BCUT2D eigenvalue weighted by Crippen LogP contribution is -2.35. The number of hydrogen-bond acceptors (Lipinski definition) is 1. The van der Waals surface area contributed by atoms with E-state index in [0.29, 0.717) is 0 Å². The maximum absolute atomic E-state index is 2.71. The molecule has 0 atom stereocenters. The van der Waals surface area contributed by atoms with E-state index in [1.807, 2.05) is 0 Å². The summed E-state index contributed by atoms with van der Waals surface area (Å²) in [6, 6.07) is 0.941. The van der Waals surface area contributed by atoms with Crippen LogP contribution in [0.3, 0.4) is 0 Å². The Morgan fingerprint density at radius 2 is 1.67 bits per heavy atom. The van der Waals surface area contributed by atoms with Crippen molar-refractivity contribution in [2.45, 2.75) is 51.5 Å². The molecule has 0 amide bonds. The SMILES string of the molecule is C[C]1CCC(N2CCCC2)CC1. The maximum atomic E-state index is 2.71. The minimum atomic E-state index is 0.941. The van der Waals surface area contributed by atoms with Gasteiger partial charge in [-0.3, -0.25) is 0 Å². The van der Waals surface area contributed by atoms with E-state index < -0.39 is 0 Å². The molecular formula is C11H20N. The van der Waals surface area contributed by atoms with Gasteiger partial charge in [0.25, 0.3) is 0 Å². The summed E-state index contributed by atoms with van der Waals surface area (Å²) in [4.78, 5) is 2.71. The number of rotatable bonds is 1. The zero-order chi connectivity index (χ0) is 8.39. The molecular weight excluding hydrogens is 146 g/mol. The van der Waals surface area contributed by atoms with Crippen LogP contribution in [0, 0.1) is 5.92 Å². The van der Waals surface area contributed by atoms with Gasteiger partial charge in [-0.2, -0.15) is 0 Å². The van der Waals surface area contributed by atoms with Crippen molar-refractivity contribution in [3.8, 4) is 0 Å². The lowest BCUT2D eigenvalue weighted by Gasteiger charge is -2.33. The van der Waals surface area contributed by atoms with E-state index >= 15 is 0 Å². The van der Waals surface area contributed by atoms with Gasteiger partial charge in [-0.25, -0.2) is 0 Å². The highest BCUT2D eigenvalue weighted by Gasteiger charge is 2.25. The average Bonchev–Trinajstić information content (AvgIpc) is 2.58. The molecule has 1 saturated carbocycles. The van der Waals surface area contributed by atoms with Gasteiger partial charge >= 0.3 is 0 Å². The fraction of sp³-hybridized carbons (Fsp3) is 0.909. The van der Waals surface area contributed by atoms with Gasteiger partial charge in [0.1, 0.15) is 0 Å². The Kier molecular flexibility index (Phi) is 2.69. The van der Waals surface area contributed by atoms with Crippen LogP contribution in [-0.2, 0) is 0 Å². The van der Waals surface area contributed by atoms with Crippen molar-refractivity contribution in [3.05, 3.63) is 5.92 Å². The number of hydrogen-bond donors (Lipinski definition) is 0. The van der Waals surface area contributed by atoms with E-state index in [1.54, 1.807) is 5.92 Å². The Balaban J connectivity index is 1.80. The highest BCUT2D eigenvalue weighted by atomic mass is 15.2. The monoisotopic (exact) mass is 166 g/mol. The lowest BCUT2D eigenvalue weighted by atomic mass is 9.87. The quantitative estimate of drug-likeness (QED) is 0.579. The molecule has 1 aliphatic heterocycles. The first-order chi connectivity index (χ1) is 5.86. The third-order valence-electron chi connectivity index (χ3n) is 3.47. The summed E-state index contributed by atoms with van der Waals surface area (Å²) in [5, 5.41) is 0. The van der Waals surface area contributed by atoms with E-state index in [4.69, 9.17) is 0 Å². The van der Waals surface area contributed by atoms with Gasteiger partial charge in [-0.1, -0.05) is 6.92 Å². The van der Waals surface area contributed by atoms with Gasteiger partial charge in [0.2, 0.25) is 0 Å². The van der Waals surface area contributed by atoms with Gasteiger partial charge in [0, 0.05) is 6.04 Å². The Labute approximate surface area is 76.1 Å². The van der Waals surface area contributed by atoms with Gasteiger partial charge in [0.15, 0.2) is 0 Å². The molecule has 0 N–H and O–H groups in total. The lowest BCUT2D eigenvalue weighted by molar-refractivity contribution is 0.198. The van der Waals surface area contributed by atoms with Crippen LogP contribution in [0.25, 0.3) is 0 Å². The van der Waals surface area contributed by atoms with Crippen LogP contribution in [0.15, 0.2) is 0 Å². The van der Waals surface area contributed by atoms with Gasteiger partial charge in [0.05, 0.1) is 0 Å². The first kappa shape index (κ1) is 8.55. The second-order valence-corrected chi connectivity index (χ2v) is 4.43. The molecule has 0 aromatic carbocycles. The van der Waals surface area contributed by atoms with Crippen molar-refractivity contribution in [1.82, 2.24) is 4.90 Å². The second-order valence-electron chi connectivity index (χ2n) is 4.43. The summed E-state index contributed by atoms with van der Waals surface area (Å²) in [5.74, 6) is 1.73. The van der Waals surface area contributed by atoms with Crippen LogP contribution in [-0.4, -0.2) is 24.0 Å². The third-order valence-corrected chi connectivity index (χ3v) is 3.47. The molecule has 1 aliphatic carbocycles. The highest BCUT2D eigenvalue weighted by Crippen LogP contribution is 2.29. The Hall–Kier alpha value is -0.0400. The molecule has 12 heavy (non-hydrogen) atoms. The molecule has 69 valence electrons. The summed E-state index contributed by atoms with van der Waals surface area (Å²) < 4.78 is 0. The number of likely N-dealkylation sites (tertiary alicyclic amines) is 1. The molecule has 0 bridgehead atoms. The number of nitrogens with zero attached hydrogens (tertiary/aromatic N) is 1. The molecule has 1 radical (unpaired) electrons. The fourth-order valence-electron chi connectivity index (χ4n) is 2.57. The van der Waals surface area contributed by atoms with E-state index in [9.17, 15) is 0 Å². The highest BCUT2D eigenvalue weighted by molar-refractivity contribution is 4.93. The minimum absolute atomic E-state index is 0.941. The fourth-order valence-corrected chi connectivity index (χ4v) is 2.57.